The number of nitriles is 1. The third-order valence-corrected chi connectivity index (χ3v) is 5.11. The third-order valence-electron chi connectivity index (χ3n) is 5.11. The predicted octanol–water partition coefficient (Wildman–Crippen LogP) is 4.65. The highest BCUT2D eigenvalue weighted by Gasteiger charge is 2.26. The molecule has 156 valence electrons. The topological polar surface area (TPSA) is 112 Å². The summed E-state index contributed by atoms with van der Waals surface area (Å²) < 4.78 is 0. The molecule has 0 aliphatic heterocycles. The summed E-state index contributed by atoms with van der Waals surface area (Å²) in [6, 6.07) is 9.16. The number of carbonyl (C=O) groups is 2. The van der Waals surface area contributed by atoms with Crippen LogP contribution < -0.4 is 5.32 Å². The van der Waals surface area contributed by atoms with Crippen LogP contribution >= 0.6 is 0 Å². The van der Waals surface area contributed by atoms with E-state index in [1.54, 1.807) is 36.7 Å². The average molecular weight is 413 g/mol. The highest BCUT2D eigenvalue weighted by atomic mass is 16.1. The molecule has 0 bridgehead atoms. The van der Waals surface area contributed by atoms with Crippen molar-refractivity contribution >= 4 is 28.5 Å². The average Bonchev–Trinajstić information content (AvgIpc) is 3.47. The first kappa shape index (κ1) is 20.5. The minimum absolute atomic E-state index is 0.0160. The second-order valence-electron chi connectivity index (χ2n) is 8.80. The molecule has 31 heavy (non-hydrogen) atoms. The number of aromatic amines is 1. The monoisotopic (exact) mass is 413 g/mol. The molecule has 2 heterocycles. The Kier molecular flexibility index (Phi) is 5.15. The first-order valence-electron chi connectivity index (χ1n) is 10.2. The van der Waals surface area contributed by atoms with E-state index >= 15 is 0 Å². The van der Waals surface area contributed by atoms with Gasteiger partial charge in [0.1, 0.15) is 17.2 Å². The number of aromatic nitrogens is 3. The number of carbonyl (C=O) groups excluding carboxylic acids is 2. The molecule has 2 aromatic heterocycles. The van der Waals surface area contributed by atoms with Crippen molar-refractivity contribution in [3.05, 3.63) is 53.9 Å². The van der Waals surface area contributed by atoms with Gasteiger partial charge in [0, 0.05) is 22.9 Å². The van der Waals surface area contributed by atoms with Gasteiger partial charge in [0.2, 0.25) is 0 Å². The molecule has 1 aliphatic rings. The van der Waals surface area contributed by atoms with Gasteiger partial charge in [-0.2, -0.15) is 5.26 Å². The maximum Gasteiger partial charge on any atom is 0.265 e. The summed E-state index contributed by atoms with van der Waals surface area (Å²) in [5, 5.41) is 12.0. The number of H-pyrrole nitrogens is 1. The van der Waals surface area contributed by atoms with E-state index in [2.05, 4.69) is 20.3 Å². The number of hydrogen-bond donors (Lipinski definition) is 2. The number of benzene rings is 1. The number of ketones is 1. The molecule has 0 spiro atoms. The van der Waals surface area contributed by atoms with Gasteiger partial charge in [-0.15, -0.1) is 0 Å². The van der Waals surface area contributed by atoms with Gasteiger partial charge in [-0.3, -0.25) is 9.59 Å². The summed E-state index contributed by atoms with van der Waals surface area (Å²) in [7, 11) is 0. The molecule has 7 nitrogen and oxygen atoms in total. The highest BCUT2D eigenvalue weighted by molar-refractivity contribution is 6.08. The Labute approximate surface area is 180 Å². The van der Waals surface area contributed by atoms with Gasteiger partial charge in [0.15, 0.2) is 11.4 Å². The Bertz CT molecular complexity index is 1250. The third kappa shape index (κ3) is 4.38. The van der Waals surface area contributed by atoms with E-state index in [1.165, 1.54) is 0 Å². The van der Waals surface area contributed by atoms with Gasteiger partial charge in [-0.05, 0) is 30.9 Å². The summed E-state index contributed by atoms with van der Waals surface area (Å²) in [5.74, 6) is -0.102. The minimum Gasteiger partial charge on any atom is -0.344 e. The lowest BCUT2D eigenvalue weighted by Gasteiger charge is -2.15. The molecule has 2 N–H and O–H groups in total. The van der Waals surface area contributed by atoms with Crippen LogP contribution in [0.1, 0.15) is 44.0 Å². The van der Waals surface area contributed by atoms with Gasteiger partial charge in [-0.25, -0.2) is 9.97 Å². The van der Waals surface area contributed by atoms with Crippen LogP contribution in [0.3, 0.4) is 0 Å². The predicted molar refractivity (Wildman–Crippen MR) is 118 cm³/mol. The molecule has 1 fully saturated rings. The maximum absolute atomic E-state index is 12.8. The van der Waals surface area contributed by atoms with Crippen molar-refractivity contribution in [3.63, 3.8) is 0 Å². The molecule has 4 rings (SSSR count). The molecule has 3 aromatic rings. The van der Waals surface area contributed by atoms with Gasteiger partial charge in [0.05, 0.1) is 17.5 Å². The molecule has 1 saturated carbocycles. The number of anilines is 1. The quantitative estimate of drug-likeness (QED) is 0.359. The Hall–Kier alpha value is -3.79. The molecular formula is C24H23N5O2. The van der Waals surface area contributed by atoms with Crippen LogP contribution in [-0.2, 0) is 4.79 Å². The van der Waals surface area contributed by atoms with Crippen LogP contribution in [0.15, 0.2) is 48.3 Å². The summed E-state index contributed by atoms with van der Waals surface area (Å²) >= 11 is 0. The standard InChI is InChI=1S/C24H23N5O2/c1-24(2,3)21(30)18-12-26-22-20(18)29-19(13-27-22)15-5-4-6-17(10-15)28-23(31)16(11-25)9-14-7-8-14/h4-6,9-10,12-14H,7-8H2,1-3H3,(H,26,27)(H,28,31)/b16-9+. The number of rotatable bonds is 5. The lowest BCUT2D eigenvalue weighted by Crippen LogP contribution is -2.20. The minimum atomic E-state index is -0.538. The van der Waals surface area contributed by atoms with Crippen molar-refractivity contribution in [1.82, 2.24) is 15.0 Å². The van der Waals surface area contributed by atoms with Crippen LogP contribution in [0.5, 0.6) is 0 Å². The zero-order valence-corrected chi connectivity index (χ0v) is 17.7. The fourth-order valence-corrected chi connectivity index (χ4v) is 3.22. The first-order chi connectivity index (χ1) is 14.8. The fourth-order valence-electron chi connectivity index (χ4n) is 3.22. The number of amides is 1. The van der Waals surface area contributed by atoms with E-state index in [0.29, 0.717) is 34.0 Å². The lowest BCUT2D eigenvalue weighted by molar-refractivity contribution is -0.112. The SMILES string of the molecule is CC(C)(C)C(=O)c1c[nH]c2ncc(-c3cccc(NC(=O)/C(C#N)=C/C4CC4)c3)nc12. The van der Waals surface area contributed by atoms with Crippen molar-refractivity contribution in [2.24, 2.45) is 11.3 Å². The van der Waals surface area contributed by atoms with Crippen molar-refractivity contribution in [3.8, 4) is 17.3 Å². The van der Waals surface area contributed by atoms with Gasteiger partial charge in [0.25, 0.3) is 5.91 Å². The summed E-state index contributed by atoms with van der Waals surface area (Å²) in [6.07, 6.45) is 7.05. The van der Waals surface area contributed by atoms with Gasteiger partial charge in [-0.1, -0.05) is 39.0 Å². The van der Waals surface area contributed by atoms with E-state index in [0.717, 1.165) is 18.4 Å². The lowest BCUT2D eigenvalue weighted by atomic mass is 9.87. The van der Waals surface area contributed by atoms with Gasteiger partial charge < -0.3 is 10.3 Å². The van der Waals surface area contributed by atoms with Crippen molar-refractivity contribution in [2.45, 2.75) is 33.6 Å². The van der Waals surface area contributed by atoms with Crippen LogP contribution in [0.2, 0.25) is 0 Å². The zero-order chi connectivity index (χ0) is 22.2. The Morgan fingerprint density at radius 2 is 2.06 bits per heavy atom. The fraction of sp³-hybridized carbons (Fsp3) is 0.292. The van der Waals surface area contributed by atoms with Crippen molar-refractivity contribution < 1.29 is 9.59 Å². The largest absolute Gasteiger partial charge is 0.344 e. The molecule has 0 unspecified atom stereocenters. The normalized spacial score (nSPS) is 14.3. The van der Waals surface area contributed by atoms with E-state index in [4.69, 9.17) is 0 Å². The van der Waals surface area contributed by atoms with Crippen molar-refractivity contribution in [1.29, 1.82) is 5.26 Å². The van der Waals surface area contributed by atoms with Gasteiger partial charge >= 0.3 is 0 Å². The highest BCUT2D eigenvalue weighted by Crippen LogP contribution is 2.31. The molecule has 1 aliphatic carbocycles. The second-order valence-corrected chi connectivity index (χ2v) is 8.80. The van der Waals surface area contributed by atoms with E-state index in [-0.39, 0.29) is 11.4 Å². The molecular weight excluding hydrogens is 390 g/mol. The van der Waals surface area contributed by atoms with Crippen LogP contribution in [0, 0.1) is 22.7 Å². The Balaban J connectivity index is 1.64. The van der Waals surface area contributed by atoms with Crippen LogP contribution in [-0.4, -0.2) is 26.6 Å². The molecule has 1 aromatic carbocycles. The summed E-state index contributed by atoms with van der Waals surface area (Å²) in [5.41, 5.74) is 3.05. The van der Waals surface area contributed by atoms with E-state index in [9.17, 15) is 14.9 Å². The number of allylic oxidation sites excluding steroid dienone is 1. The van der Waals surface area contributed by atoms with Crippen molar-refractivity contribution in [2.75, 3.05) is 5.32 Å². The maximum atomic E-state index is 12.8. The summed E-state index contributed by atoms with van der Waals surface area (Å²) in [6.45, 7) is 5.60. The van der Waals surface area contributed by atoms with Crippen LogP contribution in [0.4, 0.5) is 5.69 Å². The summed E-state index contributed by atoms with van der Waals surface area (Å²) in [4.78, 5) is 37.3. The van der Waals surface area contributed by atoms with E-state index in [1.807, 2.05) is 32.9 Å². The second kappa shape index (κ2) is 7.80. The molecule has 0 saturated heterocycles. The number of Topliss-reactive ketones (excluding diaryl/α,β-unsaturated/α-hetero) is 1. The molecule has 7 heteroatoms. The van der Waals surface area contributed by atoms with Crippen LogP contribution in [0.25, 0.3) is 22.4 Å². The Morgan fingerprint density at radius 3 is 2.74 bits per heavy atom. The van der Waals surface area contributed by atoms with E-state index < -0.39 is 11.3 Å². The smallest absolute Gasteiger partial charge is 0.265 e. The number of fused-ring (bicyclic) bond motifs is 1. The number of nitrogens with zero attached hydrogens (tertiary/aromatic N) is 3. The Morgan fingerprint density at radius 1 is 1.29 bits per heavy atom. The zero-order valence-electron chi connectivity index (χ0n) is 17.7. The number of nitrogens with one attached hydrogen (secondary N) is 2. The molecule has 0 radical (unpaired) electrons. The number of hydrogen-bond acceptors (Lipinski definition) is 5. The molecule has 1 amide bonds. The first-order valence-corrected chi connectivity index (χ1v) is 10.2. The molecule has 0 atom stereocenters.